The van der Waals surface area contributed by atoms with Gasteiger partial charge in [0.1, 0.15) is 0 Å². The third kappa shape index (κ3) is 4.07. The summed E-state index contributed by atoms with van der Waals surface area (Å²) in [5, 5.41) is 0. The fraction of sp³-hybridized carbons (Fsp3) is 0.300. The number of pyridine rings is 1. The van der Waals surface area contributed by atoms with Gasteiger partial charge in [-0.05, 0) is 36.1 Å². The first-order valence-corrected chi connectivity index (χ1v) is 8.14. The highest BCUT2D eigenvalue weighted by atomic mass is 16.2. The van der Waals surface area contributed by atoms with E-state index in [1.807, 2.05) is 41.3 Å². The average Bonchev–Trinajstić information content (AvgIpc) is 3.44. The van der Waals surface area contributed by atoms with Gasteiger partial charge < -0.3 is 4.90 Å². The Labute approximate surface area is 137 Å². The molecule has 1 aromatic carbocycles. The highest BCUT2D eigenvalue weighted by Gasteiger charge is 2.33. The van der Waals surface area contributed by atoms with Crippen LogP contribution in [-0.2, 0) is 11.3 Å². The molecule has 1 aliphatic rings. The Hall–Kier alpha value is -2.42. The summed E-state index contributed by atoms with van der Waals surface area (Å²) in [6.07, 6.45) is 8.14. The number of benzene rings is 1. The van der Waals surface area contributed by atoms with Gasteiger partial charge in [-0.15, -0.1) is 6.58 Å². The maximum absolute atomic E-state index is 12.8. The molecular weight excluding hydrogens is 284 g/mol. The van der Waals surface area contributed by atoms with Crippen LogP contribution in [-0.4, -0.2) is 21.8 Å². The molecule has 3 heteroatoms. The number of aromatic nitrogens is 1. The van der Waals surface area contributed by atoms with E-state index in [2.05, 4.69) is 23.7 Å². The topological polar surface area (TPSA) is 33.2 Å². The summed E-state index contributed by atoms with van der Waals surface area (Å²) in [6.45, 7) is 4.59. The largest absolute Gasteiger partial charge is 0.335 e. The molecule has 1 saturated carbocycles. The van der Waals surface area contributed by atoms with E-state index in [-0.39, 0.29) is 11.8 Å². The van der Waals surface area contributed by atoms with Crippen molar-refractivity contribution >= 4 is 5.91 Å². The van der Waals surface area contributed by atoms with Crippen molar-refractivity contribution in [1.82, 2.24) is 9.88 Å². The van der Waals surface area contributed by atoms with Crippen molar-refractivity contribution in [3.8, 4) is 0 Å². The Balaban J connectivity index is 1.70. The summed E-state index contributed by atoms with van der Waals surface area (Å²) in [5.41, 5.74) is 2.28. The molecular formula is C20H22N2O. The molecule has 3 nitrogen and oxygen atoms in total. The molecule has 0 bridgehead atoms. The molecule has 0 saturated heterocycles. The molecule has 23 heavy (non-hydrogen) atoms. The van der Waals surface area contributed by atoms with Gasteiger partial charge in [0.15, 0.2) is 0 Å². The van der Waals surface area contributed by atoms with Crippen molar-refractivity contribution in [2.24, 2.45) is 0 Å². The van der Waals surface area contributed by atoms with E-state index in [9.17, 15) is 4.79 Å². The molecule has 0 radical (unpaired) electrons. The van der Waals surface area contributed by atoms with E-state index in [0.717, 1.165) is 24.0 Å². The molecule has 118 valence electrons. The number of nitrogens with zero attached hydrogens (tertiary/aromatic N) is 2. The van der Waals surface area contributed by atoms with Gasteiger partial charge in [0.2, 0.25) is 5.91 Å². The van der Waals surface area contributed by atoms with Gasteiger partial charge in [0.05, 0.1) is 0 Å². The van der Waals surface area contributed by atoms with Crippen LogP contribution < -0.4 is 0 Å². The minimum atomic E-state index is 0.0717. The van der Waals surface area contributed by atoms with Crippen LogP contribution in [0.1, 0.15) is 36.3 Å². The lowest BCUT2D eigenvalue weighted by Crippen LogP contribution is -2.33. The molecule has 1 fully saturated rings. The number of carbonyl (C=O) groups excluding carboxylic acids is 1. The van der Waals surface area contributed by atoms with Gasteiger partial charge >= 0.3 is 0 Å². The van der Waals surface area contributed by atoms with Crippen LogP contribution in [0.15, 0.2) is 67.5 Å². The molecule has 2 aromatic rings. The van der Waals surface area contributed by atoms with Crippen LogP contribution >= 0.6 is 0 Å². The van der Waals surface area contributed by atoms with Crippen molar-refractivity contribution in [3.05, 3.63) is 78.6 Å². The minimum Gasteiger partial charge on any atom is -0.335 e. The smallest absolute Gasteiger partial charge is 0.224 e. The number of amides is 1. The van der Waals surface area contributed by atoms with Crippen LogP contribution in [0.5, 0.6) is 0 Å². The van der Waals surface area contributed by atoms with E-state index in [4.69, 9.17) is 0 Å². The second kappa shape index (κ2) is 7.23. The van der Waals surface area contributed by atoms with Crippen molar-refractivity contribution in [1.29, 1.82) is 0 Å². The summed E-state index contributed by atoms with van der Waals surface area (Å²) in [6, 6.07) is 14.5. The zero-order chi connectivity index (χ0) is 16.1. The van der Waals surface area contributed by atoms with Crippen molar-refractivity contribution in [2.45, 2.75) is 37.8 Å². The van der Waals surface area contributed by atoms with E-state index in [1.165, 1.54) is 0 Å². The number of hydrogen-bond donors (Lipinski definition) is 0. The zero-order valence-electron chi connectivity index (χ0n) is 13.3. The first-order chi connectivity index (χ1) is 11.3. The van der Waals surface area contributed by atoms with Crippen molar-refractivity contribution in [3.63, 3.8) is 0 Å². The quantitative estimate of drug-likeness (QED) is 0.726. The highest BCUT2D eigenvalue weighted by Crippen LogP contribution is 2.31. The molecule has 0 N–H and O–H groups in total. The normalized spacial score (nSPS) is 15.0. The predicted molar refractivity (Wildman–Crippen MR) is 91.8 cm³/mol. The fourth-order valence-corrected chi connectivity index (χ4v) is 2.83. The standard InChI is InChI=1S/C20H22N2O/c1-2-17(18-6-4-3-5-7-18)14-20(23)22(19-8-9-19)15-16-10-12-21-13-11-16/h2-7,10-13,17,19H,1,8-9,14-15H2. The summed E-state index contributed by atoms with van der Waals surface area (Å²) in [7, 11) is 0. The first kappa shape index (κ1) is 15.5. The van der Waals surface area contributed by atoms with Crippen LogP contribution in [0.4, 0.5) is 0 Å². The predicted octanol–water partition coefficient (Wildman–Crippen LogP) is 3.93. The van der Waals surface area contributed by atoms with Gasteiger partial charge in [0.25, 0.3) is 0 Å². The third-order valence-corrected chi connectivity index (χ3v) is 4.32. The molecule has 1 amide bonds. The number of allylic oxidation sites excluding steroid dienone is 1. The number of carbonyl (C=O) groups is 1. The Morgan fingerprint density at radius 3 is 2.52 bits per heavy atom. The maximum Gasteiger partial charge on any atom is 0.224 e. The zero-order valence-corrected chi connectivity index (χ0v) is 13.3. The molecule has 1 aromatic heterocycles. The SMILES string of the molecule is C=CC(CC(=O)N(Cc1ccncc1)C1CC1)c1ccccc1. The number of hydrogen-bond acceptors (Lipinski definition) is 2. The molecule has 1 atom stereocenters. The van der Waals surface area contributed by atoms with Crippen molar-refractivity contribution in [2.75, 3.05) is 0 Å². The molecule has 1 heterocycles. The average molecular weight is 306 g/mol. The lowest BCUT2D eigenvalue weighted by Gasteiger charge is -2.24. The second-order valence-electron chi connectivity index (χ2n) is 6.07. The fourth-order valence-electron chi connectivity index (χ4n) is 2.83. The minimum absolute atomic E-state index is 0.0717. The summed E-state index contributed by atoms with van der Waals surface area (Å²) in [4.78, 5) is 18.9. The third-order valence-electron chi connectivity index (χ3n) is 4.32. The molecule has 1 aliphatic carbocycles. The Kier molecular flexibility index (Phi) is 4.86. The van der Waals surface area contributed by atoms with Gasteiger partial charge in [-0.2, -0.15) is 0 Å². The Morgan fingerprint density at radius 2 is 1.91 bits per heavy atom. The van der Waals surface area contributed by atoms with Gasteiger partial charge in [-0.25, -0.2) is 0 Å². The molecule has 1 unspecified atom stereocenters. The van der Waals surface area contributed by atoms with E-state index in [1.54, 1.807) is 12.4 Å². The molecule has 0 spiro atoms. The van der Waals surface area contributed by atoms with Crippen LogP contribution in [0.25, 0.3) is 0 Å². The summed E-state index contributed by atoms with van der Waals surface area (Å²) in [5.74, 6) is 0.278. The van der Waals surface area contributed by atoms with Crippen LogP contribution in [0.2, 0.25) is 0 Å². The second-order valence-corrected chi connectivity index (χ2v) is 6.07. The van der Waals surface area contributed by atoms with Gasteiger partial charge in [-0.1, -0.05) is 36.4 Å². The Morgan fingerprint density at radius 1 is 1.22 bits per heavy atom. The molecule has 0 aliphatic heterocycles. The Bertz CT molecular complexity index is 650. The van der Waals surface area contributed by atoms with E-state index >= 15 is 0 Å². The van der Waals surface area contributed by atoms with Crippen molar-refractivity contribution < 1.29 is 4.79 Å². The van der Waals surface area contributed by atoms with Crippen LogP contribution in [0.3, 0.4) is 0 Å². The highest BCUT2D eigenvalue weighted by molar-refractivity contribution is 5.78. The summed E-state index contributed by atoms with van der Waals surface area (Å²) < 4.78 is 0. The van der Waals surface area contributed by atoms with E-state index in [0.29, 0.717) is 19.0 Å². The van der Waals surface area contributed by atoms with Crippen LogP contribution in [0, 0.1) is 0 Å². The summed E-state index contributed by atoms with van der Waals surface area (Å²) >= 11 is 0. The number of rotatable bonds is 7. The first-order valence-electron chi connectivity index (χ1n) is 8.14. The lowest BCUT2D eigenvalue weighted by molar-refractivity contribution is -0.132. The van der Waals surface area contributed by atoms with Gasteiger partial charge in [0, 0.05) is 37.3 Å². The monoisotopic (exact) mass is 306 g/mol. The van der Waals surface area contributed by atoms with Gasteiger partial charge in [-0.3, -0.25) is 9.78 Å². The lowest BCUT2D eigenvalue weighted by atomic mass is 9.95. The van der Waals surface area contributed by atoms with E-state index < -0.39 is 0 Å². The molecule has 3 rings (SSSR count). The maximum atomic E-state index is 12.8.